The number of aromatic carboxylic acids is 1. The van der Waals surface area contributed by atoms with Crippen LogP contribution in [0, 0.1) is 0 Å². The van der Waals surface area contributed by atoms with Crippen molar-refractivity contribution in [1.82, 2.24) is 0 Å². The molecular weight excluding hydrogens is 244 g/mol. The first-order chi connectivity index (χ1) is 9.16. The molecule has 4 N–H and O–H groups in total. The first-order valence-corrected chi connectivity index (χ1v) is 6.60. The summed E-state index contributed by atoms with van der Waals surface area (Å²) in [5.74, 6) is -1.01. The zero-order chi connectivity index (χ0) is 14.1. The molecule has 5 nitrogen and oxygen atoms in total. The largest absolute Gasteiger partial charge is 0.478 e. The van der Waals surface area contributed by atoms with Crippen molar-refractivity contribution >= 4 is 17.3 Å². The normalized spacial score (nSPS) is 10.4. The molecule has 19 heavy (non-hydrogen) atoms. The molecule has 0 aliphatic carbocycles. The van der Waals surface area contributed by atoms with Crippen molar-refractivity contribution < 1.29 is 14.6 Å². The van der Waals surface area contributed by atoms with Gasteiger partial charge in [0.05, 0.1) is 16.9 Å². The highest BCUT2D eigenvalue weighted by atomic mass is 16.5. The van der Waals surface area contributed by atoms with Crippen LogP contribution in [0.3, 0.4) is 0 Å². The average Bonchev–Trinajstić information content (AvgIpc) is 2.39. The number of anilines is 2. The van der Waals surface area contributed by atoms with Gasteiger partial charge in [-0.2, -0.15) is 0 Å². The van der Waals surface area contributed by atoms with E-state index in [9.17, 15) is 4.79 Å². The third-order valence-electron chi connectivity index (χ3n) is 2.76. The van der Waals surface area contributed by atoms with E-state index in [1.165, 1.54) is 6.07 Å². The van der Waals surface area contributed by atoms with Gasteiger partial charge in [0.2, 0.25) is 0 Å². The van der Waals surface area contributed by atoms with Gasteiger partial charge >= 0.3 is 5.97 Å². The van der Waals surface area contributed by atoms with E-state index in [2.05, 4.69) is 12.2 Å². The summed E-state index contributed by atoms with van der Waals surface area (Å²) in [6, 6.07) is 4.95. The lowest BCUT2D eigenvalue weighted by molar-refractivity contribution is 0.0698. The van der Waals surface area contributed by atoms with Crippen LogP contribution in [-0.4, -0.2) is 30.8 Å². The minimum absolute atomic E-state index is 0.129. The van der Waals surface area contributed by atoms with E-state index in [1.807, 2.05) is 0 Å². The fourth-order valence-corrected chi connectivity index (χ4v) is 1.65. The Morgan fingerprint density at radius 1 is 1.37 bits per heavy atom. The molecule has 5 heteroatoms. The molecule has 106 valence electrons. The molecule has 0 aliphatic rings. The number of ether oxygens (including phenoxy) is 1. The highest BCUT2D eigenvalue weighted by Crippen LogP contribution is 2.22. The number of benzene rings is 1. The third-order valence-corrected chi connectivity index (χ3v) is 2.76. The molecule has 0 bridgehead atoms. The number of carboxylic acids is 1. The van der Waals surface area contributed by atoms with E-state index in [1.54, 1.807) is 12.1 Å². The fourth-order valence-electron chi connectivity index (χ4n) is 1.65. The number of carbonyl (C=O) groups is 1. The van der Waals surface area contributed by atoms with Crippen LogP contribution in [0.4, 0.5) is 11.4 Å². The molecule has 0 saturated heterocycles. The summed E-state index contributed by atoms with van der Waals surface area (Å²) in [6.45, 7) is 4.33. The van der Waals surface area contributed by atoms with Gasteiger partial charge in [0.25, 0.3) is 0 Å². The van der Waals surface area contributed by atoms with Crippen LogP contribution >= 0.6 is 0 Å². The summed E-state index contributed by atoms with van der Waals surface area (Å²) in [7, 11) is 0. The second kappa shape index (κ2) is 8.37. The van der Waals surface area contributed by atoms with Gasteiger partial charge in [0.1, 0.15) is 0 Å². The minimum Gasteiger partial charge on any atom is -0.478 e. The number of rotatable bonds is 9. The first kappa shape index (κ1) is 15.3. The number of unbranched alkanes of at least 4 members (excludes halogenated alkanes) is 1. The average molecular weight is 266 g/mol. The van der Waals surface area contributed by atoms with Gasteiger partial charge in [-0.15, -0.1) is 0 Å². The van der Waals surface area contributed by atoms with Crippen molar-refractivity contribution in [3.63, 3.8) is 0 Å². The molecule has 0 heterocycles. The molecule has 1 aromatic rings. The van der Waals surface area contributed by atoms with Gasteiger partial charge in [-0.1, -0.05) is 19.4 Å². The standard InChI is InChI=1S/C14H22N2O3/c1-2-3-9-19-10-5-8-16-12-7-4-6-11(13(12)15)14(17)18/h4,6-7,16H,2-3,5,8-10,15H2,1H3,(H,17,18). The summed E-state index contributed by atoms with van der Waals surface area (Å²) in [5.41, 5.74) is 6.86. The zero-order valence-corrected chi connectivity index (χ0v) is 11.3. The Morgan fingerprint density at radius 2 is 2.11 bits per heavy atom. The molecule has 1 aromatic carbocycles. The lowest BCUT2D eigenvalue weighted by atomic mass is 10.1. The van der Waals surface area contributed by atoms with Crippen LogP contribution in [0.25, 0.3) is 0 Å². The Kier molecular flexibility index (Phi) is 6.74. The Hall–Kier alpha value is -1.75. The predicted molar refractivity (Wildman–Crippen MR) is 76.6 cm³/mol. The smallest absolute Gasteiger partial charge is 0.337 e. The van der Waals surface area contributed by atoms with Crippen molar-refractivity contribution in [3.05, 3.63) is 23.8 Å². The van der Waals surface area contributed by atoms with E-state index >= 15 is 0 Å². The van der Waals surface area contributed by atoms with Crippen molar-refractivity contribution in [3.8, 4) is 0 Å². The predicted octanol–water partition coefficient (Wildman–Crippen LogP) is 2.59. The van der Waals surface area contributed by atoms with Crippen LogP contribution in [0.2, 0.25) is 0 Å². The molecule has 0 radical (unpaired) electrons. The van der Waals surface area contributed by atoms with Crippen LogP contribution in [0.15, 0.2) is 18.2 Å². The molecule has 0 spiro atoms. The molecule has 0 aliphatic heterocycles. The topological polar surface area (TPSA) is 84.6 Å². The van der Waals surface area contributed by atoms with E-state index in [0.717, 1.165) is 25.9 Å². The Labute approximate surface area is 113 Å². The molecule has 0 saturated carbocycles. The summed E-state index contributed by atoms with van der Waals surface area (Å²) in [5, 5.41) is 12.1. The second-order valence-corrected chi connectivity index (χ2v) is 4.32. The van der Waals surface area contributed by atoms with Crippen LogP contribution in [-0.2, 0) is 4.74 Å². The van der Waals surface area contributed by atoms with Gasteiger partial charge in [-0.05, 0) is 25.0 Å². The number of nitrogens with one attached hydrogen (secondary N) is 1. The number of hydrogen-bond acceptors (Lipinski definition) is 4. The summed E-state index contributed by atoms with van der Waals surface area (Å²) < 4.78 is 5.44. The van der Waals surface area contributed by atoms with Gasteiger partial charge in [-0.25, -0.2) is 4.79 Å². The molecule has 0 unspecified atom stereocenters. The first-order valence-electron chi connectivity index (χ1n) is 6.60. The molecule has 0 amide bonds. The maximum atomic E-state index is 10.9. The number of carboxylic acid groups (broad SMARTS) is 1. The van der Waals surface area contributed by atoms with Crippen LogP contribution in [0.5, 0.6) is 0 Å². The van der Waals surface area contributed by atoms with Crippen molar-refractivity contribution in [2.24, 2.45) is 0 Å². The van der Waals surface area contributed by atoms with Gasteiger partial charge in [0.15, 0.2) is 0 Å². The second-order valence-electron chi connectivity index (χ2n) is 4.32. The van der Waals surface area contributed by atoms with Crippen molar-refractivity contribution in [2.75, 3.05) is 30.8 Å². The summed E-state index contributed by atoms with van der Waals surface area (Å²) in [4.78, 5) is 10.9. The third kappa shape index (κ3) is 5.18. The van der Waals surface area contributed by atoms with E-state index in [0.29, 0.717) is 18.8 Å². The SMILES string of the molecule is CCCCOCCCNc1cccc(C(=O)O)c1N. The van der Waals surface area contributed by atoms with Crippen molar-refractivity contribution in [2.45, 2.75) is 26.2 Å². The maximum absolute atomic E-state index is 10.9. The summed E-state index contributed by atoms with van der Waals surface area (Å²) in [6.07, 6.45) is 3.08. The number of nitrogen functional groups attached to an aromatic ring is 1. The Morgan fingerprint density at radius 3 is 2.79 bits per heavy atom. The maximum Gasteiger partial charge on any atom is 0.337 e. The lowest BCUT2D eigenvalue weighted by Gasteiger charge is -2.11. The van der Waals surface area contributed by atoms with Crippen molar-refractivity contribution in [1.29, 1.82) is 0 Å². The monoisotopic (exact) mass is 266 g/mol. The quantitative estimate of drug-likeness (QED) is 0.472. The summed E-state index contributed by atoms with van der Waals surface area (Å²) >= 11 is 0. The molecule has 0 aromatic heterocycles. The van der Waals surface area contributed by atoms with Gasteiger partial charge < -0.3 is 20.9 Å². The number of para-hydroxylation sites is 1. The Balaban J connectivity index is 2.33. The number of hydrogen-bond donors (Lipinski definition) is 3. The Bertz CT molecular complexity index is 408. The van der Waals surface area contributed by atoms with Crippen LogP contribution in [0.1, 0.15) is 36.5 Å². The lowest BCUT2D eigenvalue weighted by Crippen LogP contribution is -2.10. The molecular formula is C14H22N2O3. The molecule has 1 rings (SSSR count). The molecule has 0 atom stereocenters. The van der Waals surface area contributed by atoms with Gasteiger partial charge in [0, 0.05) is 19.8 Å². The van der Waals surface area contributed by atoms with Gasteiger partial charge in [-0.3, -0.25) is 0 Å². The zero-order valence-electron chi connectivity index (χ0n) is 11.3. The van der Waals surface area contributed by atoms with E-state index in [4.69, 9.17) is 15.6 Å². The van der Waals surface area contributed by atoms with E-state index in [-0.39, 0.29) is 11.3 Å². The highest BCUT2D eigenvalue weighted by Gasteiger charge is 2.10. The van der Waals surface area contributed by atoms with Crippen LogP contribution < -0.4 is 11.1 Å². The number of nitrogens with two attached hydrogens (primary N) is 1. The highest BCUT2D eigenvalue weighted by molar-refractivity contribution is 5.97. The minimum atomic E-state index is -1.01. The molecule has 0 fully saturated rings. The van der Waals surface area contributed by atoms with E-state index < -0.39 is 5.97 Å². The fraction of sp³-hybridized carbons (Fsp3) is 0.500.